The smallest absolute Gasteiger partial charge is 0.240 e. The van der Waals surface area contributed by atoms with Crippen LogP contribution in [0.3, 0.4) is 0 Å². The summed E-state index contributed by atoms with van der Waals surface area (Å²) in [4.78, 5) is 4.77. The fraction of sp³-hybridized carbons (Fsp3) is 0.350. The average Bonchev–Trinajstić information content (AvgIpc) is 2.71. The highest BCUT2D eigenvalue weighted by molar-refractivity contribution is 14.0. The second-order valence-corrected chi connectivity index (χ2v) is 9.00. The zero-order chi connectivity index (χ0) is 21.3. The van der Waals surface area contributed by atoms with Crippen LogP contribution in [-0.4, -0.2) is 34.2 Å². The largest absolute Gasteiger partial charge is 0.357 e. The second kappa shape index (κ2) is 13.1. The normalized spacial score (nSPS) is 11.7. The van der Waals surface area contributed by atoms with Crippen LogP contribution in [0, 0.1) is 5.82 Å². The molecule has 3 N–H and O–H groups in total. The van der Waals surface area contributed by atoms with E-state index in [9.17, 15) is 12.8 Å². The molecular weight excluding hydrogens is 538 g/mol. The molecule has 0 aliphatic rings. The van der Waals surface area contributed by atoms with Gasteiger partial charge in [0.2, 0.25) is 10.0 Å². The van der Waals surface area contributed by atoms with Gasteiger partial charge in [-0.25, -0.2) is 22.5 Å². The summed E-state index contributed by atoms with van der Waals surface area (Å²) in [6.45, 7) is 3.61. The minimum absolute atomic E-state index is 0. The summed E-state index contributed by atoms with van der Waals surface area (Å²) < 4.78 is 39.4. The van der Waals surface area contributed by atoms with Crippen molar-refractivity contribution in [1.29, 1.82) is 0 Å². The molecule has 10 heteroatoms. The zero-order valence-electron chi connectivity index (χ0n) is 17.2. The van der Waals surface area contributed by atoms with Gasteiger partial charge in [-0.2, -0.15) is 11.8 Å². The minimum atomic E-state index is -3.45. The number of nitrogens with one attached hydrogen (secondary N) is 3. The highest BCUT2D eigenvalue weighted by Gasteiger charge is 2.10. The van der Waals surface area contributed by atoms with E-state index < -0.39 is 10.0 Å². The van der Waals surface area contributed by atoms with Crippen LogP contribution in [0.1, 0.15) is 23.6 Å². The Morgan fingerprint density at radius 3 is 2.40 bits per heavy atom. The van der Waals surface area contributed by atoms with E-state index in [-0.39, 0.29) is 34.7 Å². The van der Waals surface area contributed by atoms with Crippen LogP contribution in [-0.2, 0) is 28.9 Å². The number of guanidine groups is 1. The van der Waals surface area contributed by atoms with E-state index >= 15 is 0 Å². The van der Waals surface area contributed by atoms with Crippen molar-refractivity contribution in [2.45, 2.75) is 30.7 Å². The first-order chi connectivity index (χ1) is 13.9. The Bertz CT molecular complexity index is 938. The van der Waals surface area contributed by atoms with Gasteiger partial charge >= 0.3 is 0 Å². The Morgan fingerprint density at radius 2 is 1.80 bits per heavy atom. The van der Waals surface area contributed by atoms with Crippen LogP contribution in [0.25, 0.3) is 0 Å². The lowest BCUT2D eigenvalue weighted by Crippen LogP contribution is -2.37. The lowest BCUT2D eigenvalue weighted by molar-refractivity contribution is 0.588. The van der Waals surface area contributed by atoms with Gasteiger partial charge in [0.1, 0.15) is 5.82 Å². The molecule has 0 saturated heterocycles. The van der Waals surface area contributed by atoms with Crippen molar-refractivity contribution in [2.24, 2.45) is 4.99 Å². The summed E-state index contributed by atoms with van der Waals surface area (Å²) in [6.07, 6.45) is 1.99. The van der Waals surface area contributed by atoms with Crippen LogP contribution in [0.15, 0.2) is 52.4 Å². The Hall–Kier alpha value is -1.37. The van der Waals surface area contributed by atoms with Gasteiger partial charge in [-0.1, -0.05) is 18.2 Å². The van der Waals surface area contributed by atoms with E-state index in [0.717, 1.165) is 22.4 Å². The van der Waals surface area contributed by atoms with Crippen LogP contribution in [0.2, 0.25) is 0 Å². The van der Waals surface area contributed by atoms with E-state index in [1.807, 2.05) is 13.2 Å². The molecule has 0 radical (unpaired) electrons. The zero-order valence-corrected chi connectivity index (χ0v) is 21.2. The first-order valence-electron chi connectivity index (χ1n) is 9.20. The van der Waals surface area contributed by atoms with Crippen molar-refractivity contribution in [3.63, 3.8) is 0 Å². The summed E-state index contributed by atoms with van der Waals surface area (Å²) in [7, 11) is -2.06. The molecule has 0 heterocycles. The highest BCUT2D eigenvalue weighted by atomic mass is 127. The standard InChI is InChI=1S/C20H27FN4O2S2.HI/c1-4-23-20(25-13-16-7-8-18(21)11-17(16)14-28-3)24-12-15-5-9-19(10-6-15)29(26,27)22-2;/h5-11,22H,4,12-14H2,1-3H3,(H2,23,24,25);1H. The SMILES string of the molecule is CCNC(=NCc1ccc(S(=O)(=O)NC)cc1)NCc1ccc(F)cc1CSC.I. The van der Waals surface area contributed by atoms with Crippen molar-refractivity contribution in [3.05, 3.63) is 65.0 Å². The van der Waals surface area contributed by atoms with Crippen LogP contribution in [0.4, 0.5) is 4.39 Å². The monoisotopic (exact) mass is 566 g/mol. The Morgan fingerprint density at radius 1 is 1.10 bits per heavy atom. The summed E-state index contributed by atoms with van der Waals surface area (Å²) in [5, 5.41) is 6.46. The summed E-state index contributed by atoms with van der Waals surface area (Å²) >= 11 is 1.65. The molecule has 6 nitrogen and oxygen atoms in total. The van der Waals surface area contributed by atoms with E-state index in [0.29, 0.717) is 25.6 Å². The number of thioether (sulfide) groups is 1. The molecule has 0 aliphatic carbocycles. The molecule has 0 unspecified atom stereocenters. The third-order valence-corrected chi connectivity index (χ3v) is 6.21. The fourth-order valence-electron chi connectivity index (χ4n) is 2.64. The van der Waals surface area contributed by atoms with Crippen molar-refractivity contribution < 1.29 is 12.8 Å². The number of hydrogen-bond acceptors (Lipinski definition) is 4. The van der Waals surface area contributed by atoms with E-state index in [4.69, 9.17) is 0 Å². The molecule has 0 bridgehead atoms. The second-order valence-electron chi connectivity index (χ2n) is 6.25. The summed E-state index contributed by atoms with van der Waals surface area (Å²) in [5.41, 5.74) is 2.87. The first-order valence-corrected chi connectivity index (χ1v) is 12.1. The molecular formula is C20H28FIN4O2S2. The number of nitrogens with zero attached hydrogens (tertiary/aromatic N) is 1. The van der Waals surface area contributed by atoms with Gasteiger partial charge in [-0.3, -0.25) is 0 Å². The number of hydrogen-bond donors (Lipinski definition) is 3. The Labute approximate surface area is 199 Å². The van der Waals surface area contributed by atoms with Crippen molar-refractivity contribution in [3.8, 4) is 0 Å². The maximum absolute atomic E-state index is 13.5. The third kappa shape index (κ3) is 8.05. The van der Waals surface area contributed by atoms with E-state index in [1.165, 1.54) is 13.1 Å². The van der Waals surface area contributed by atoms with Crippen molar-refractivity contribution >= 4 is 51.7 Å². The number of halogens is 2. The molecule has 0 amide bonds. The quantitative estimate of drug-likeness (QED) is 0.246. The molecule has 2 aromatic carbocycles. The van der Waals surface area contributed by atoms with Gasteiger partial charge in [0.05, 0.1) is 11.4 Å². The topological polar surface area (TPSA) is 82.6 Å². The van der Waals surface area contributed by atoms with Crippen LogP contribution < -0.4 is 15.4 Å². The number of aliphatic imine (C=N–C) groups is 1. The lowest BCUT2D eigenvalue weighted by Gasteiger charge is -2.14. The molecule has 0 fully saturated rings. The molecule has 0 aliphatic heterocycles. The first kappa shape index (κ1) is 26.7. The van der Waals surface area contributed by atoms with Crippen LogP contribution in [0.5, 0.6) is 0 Å². The average molecular weight is 567 g/mol. The number of sulfonamides is 1. The molecule has 30 heavy (non-hydrogen) atoms. The lowest BCUT2D eigenvalue weighted by atomic mass is 10.1. The van der Waals surface area contributed by atoms with Crippen molar-refractivity contribution in [2.75, 3.05) is 19.8 Å². The third-order valence-electron chi connectivity index (χ3n) is 4.18. The molecule has 0 spiro atoms. The van der Waals surface area contributed by atoms with E-state index in [2.05, 4.69) is 20.3 Å². The Balaban J connectivity index is 0.00000450. The fourth-order valence-corrected chi connectivity index (χ4v) is 3.95. The molecule has 0 aromatic heterocycles. The van der Waals surface area contributed by atoms with Crippen LogP contribution >= 0.6 is 35.7 Å². The molecule has 2 rings (SSSR count). The molecule has 2 aromatic rings. The highest BCUT2D eigenvalue weighted by Crippen LogP contribution is 2.16. The Kier molecular flexibility index (Phi) is 11.7. The number of benzene rings is 2. The predicted molar refractivity (Wildman–Crippen MR) is 133 cm³/mol. The molecule has 166 valence electrons. The van der Waals surface area contributed by atoms with Gasteiger partial charge in [0.25, 0.3) is 0 Å². The van der Waals surface area contributed by atoms with Gasteiger partial charge < -0.3 is 10.6 Å². The van der Waals surface area contributed by atoms with Gasteiger partial charge in [-0.15, -0.1) is 24.0 Å². The maximum atomic E-state index is 13.5. The predicted octanol–water partition coefficient (Wildman–Crippen LogP) is 3.47. The minimum Gasteiger partial charge on any atom is -0.357 e. The summed E-state index contributed by atoms with van der Waals surface area (Å²) in [6, 6.07) is 11.4. The number of rotatable bonds is 9. The van der Waals surface area contributed by atoms with E-state index in [1.54, 1.807) is 48.2 Å². The molecule has 0 saturated carbocycles. The van der Waals surface area contributed by atoms with Crippen molar-refractivity contribution in [1.82, 2.24) is 15.4 Å². The maximum Gasteiger partial charge on any atom is 0.240 e. The van der Waals surface area contributed by atoms with Gasteiger partial charge in [-0.05, 0) is 61.2 Å². The molecule has 0 atom stereocenters. The van der Waals surface area contributed by atoms with Gasteiger partial charge in [0.15, 0.2) is 5.96 Å². The van der Waals surface area contributed by atoms with Gasteiger partial charge in [0, 0.05) is 18.8 Å². The summed E-state index contributed by atoms with van der Waals surface area (Å²) in [5.74, 6) is 1.14.